The van der Waals surface area contributed by atoms with Crippen LogP contribution in [-0.4, -0.2) is 21.4 Å². The van der Waals surface area contributed by atoms with E-state index in [1.807, 2.05) is 6.07 Å². The predicted molar refractivity (Wildman–Crippen MR) is 67.4 cm³/mol. The average Bonchev–Trinajstić information content (AvgIpc) is 2.32. The quantitative estimate of drug-likeness (QED) is 0.745. The van der Waals surface area contributed by atoms with Gasteiger partial charge in [0.05, 0.1) is 0 Å². The number of aliphatic hydroxyl groups is 1. The second-order valence-corrected chi connectivity index (χ2v) is 4.27. The van der Waals surface area contributed by atoms with Crippen molar-refractivity contribution in [3.05, 3.63) is 27.5 Å². The lowest BCUT2D eigenvalue weighted by Gasteiger charge is -2.10. The molecule has 0 aromatic carbocycles. The molecule has 98 valence electrons. The lowest BCUT2D eigenvalue weighted by atomic mass is 10.1. The van der Waals surface area contributed by atoms with Crippen LogP contribution in [0.2, 0.25) is 0 Å². The SMILES string of the molecule is Cc1cc(=O)n(CCCCCCO)c(O)c1C#N. The number of nitriles is 1. The molecule has 0 bridgehead atoms. The molecule has 0 amide bonds. The van der Waals surface area contributed by atoms with Gasteiger partial charge in [-0.3, -0.25) is 9.36 Å². The minimum absolute atomic E-state index is 0.157. The smallest absolute Gasteiger partial charge is 0.253 e. The molecule has 0 aliphatic heterocycles. The fraction of sp³-hybridized carbons (Fsp3) is 0.538. The fourth-order valence-electron chi connectivity index (χ4n) is 1.84. The third-order valence-electron chi connectivity index (χ3n) is 2.88. The summed E-state index contributed by atoms with van der Waals surface area (Å²) in [5.74, 6) is -0.246. The van der Waals surface area contributed by atoms with E-state index in [1.165, 1.54) is 10.6 Å². The molecule has 0 aliphatic rings. The second-order valence-electron chi connectivity index (χ2n) is 4.27. The normalized spacial score (nSPS) is 10.3. The van der Waals surface area contributed by atoms with Crippen molar-refractivity contribution in [2.75, 3.05) is 6.61 Å². The van der Waals surface area contributed by atoms with Crippen LogP contribution in [0, 0.1) is 18.3 Å². The Hall–Kier alpha value is -1.80. The summed E-state index contributed by atoms with van der Waals surface area (Å²) in [7, 11) is 0. The topological polar surface area (TPSA) is 86.2 Å². The first-order chi connectivity index (χ1) is 8.61. The highest BCUT2D eigenvalue weighted by atomic mass is 16.3. The Bertz CT molecular complexity index is 500. The molecule has 1 aromatic rings. The van der Waals surface area contributed by atoms with E-state index >= 15 is 0 Å². The van der Waals surface area contributed by atoms with E-state index in [-0.39, 0.29) is 23.6 Å². The van der Waals surface area contributed by atoms with Crippen molar-refractivity contribution in [3.63, 3.8) is 0 Å². The lowest BCUT2D eigenvalue weighted by Crippen LogP contribution is -2.20. The zero-order valence-electron chi connectivity index (χ0n) is 10.5. The summed E-state index contributed by atoms with van der Waals surface area (Å²) in [5.41, 5.74) is 0.368. The van der Waals surface area contributed by atoms with Gasteiger partial charge in [-0.25, -0.2) is 0 Å². The number of aromatic nitrogens is 1. The van der Waals surface area contributed by atoms with Crippen LogP contribution in [0.4, 0.5) is 0 Å². The number of hydrogen-bond donors (Lipinski definition) is 2. The van der Waals surface area contributed by atoms with Gasteiger partial charge in [-0.05, 0) is 25.3 Å². The van der Waals surface area contributed by atoms with E-state index in [4.69, 9.17) is 10.4 Å². The third-order valence-corrected chi connectivity index (χ3v) is 2.88. The molecule has 2 N–H and O–H groups in total. The summed E-state index contributed by atoms with van der Waals surface area (Å²) in [5, 5.41) is 27.4. The number of pyridine rings is 1. The van der Waals surface area contributed by atoms with Gasteiger partial charge in [-0.2, -0.15) is 5.26 Å². The maximum atomic E-state index is 11.7. The van der Waals surface area contributed by atoms with Crippen LogP contribution in [0.15, 0.2) is 10.9 Å². The molecule has 0 fully saturated rings. The lowest BCUT2D eigenvalue weighted by molar-refractivity contribution is 0.281. The monoisotopic (exact) mass is 250 g/mol. The van der Waals surface area contributed by atoms with Crippen molar-refractivity contribution >= 4 is 0 Å². The maximum Gasteiger partial charge on any atom is 0.253 e. The maximum absolute atomic E-state index is 11.7. The fourth-order valence-corrected chi connectivity index (χ4v) is 1.84. The van der Waals surface area contributed by atoms with Crippen molar-refractivity contribution in [2.45, 2.75) is 39.2 Å². The highest BCUT2D eigenvalue weighted by molar-refractivity contribution is 5.43. The van der Waals surface area contributed by atoms with Crippen molar-refractivity contribution in [2.24, 2.45) is 0 Å². The van der Waals surface area contributed by atoms with Gasteiger partial charge in [0.1, 0.15) is 11.6 Å². The first-order valence-electron chi connectivity index (χ1n) is 6.06. The van der Waals surface area contributed by atoms with Gasteiger partial charge in [0.15, 0.2) is 0 Å². The van der Waals surface area contributed by atoms with E-state index in [9.17, 15) is 9.90 Å². The summed E-state index contributed by atoms with van der Waals surface area (Å²) in [4.78, 5) is 11.7. The van der Waals surface area contributed by atoms with Gasteiger partial charge in [-0.15, -0.1) is 0 Å². The summed E-state index contributed by atoms with van der Waals surface area (Å²) < 4.78 is 1.23. The van der Waals surface area contributed by atoms with Crippen LogP contribution in [0.25, 0.3) is 0 Å². The molecule has 0 saturated heterocycles. The standard InChI is InChI=1S/C13H18N2O3/c1-10-8-12(17)15(13(18)11(10)9-14)6-4-2-3-5-7-16/h8,16,18H,2-7H2,1H3. The molecule has 5 nitrogen and oxygen atoms in total. The Morgan fingerprint density at radius 1 is 1.33 bits per heavy atom. The Morgan fingerprint density at radius 2 is 2.00 bits per heavy atom. The number of nitrogens with zero attached hydrogens (tertiary/aromatic N) is 2. The molecule has 5 heteroatoms. The average molecular weight is 250 g/mol. The predicted octanol–water partition coefficient (Wildman–Crippen LogP) is 1.29. The highest BCUT2D eigenvalue weighted by Crippen LogP contribution is 2.18. The van der Waals surface area contributed by atoms with Crippen LogP contribution in [-0.2, 0) is 6.54 Å². The molecule has 0 unspecified atom stereocenters. The van der Waals surface area contributed by atoms with E-state index in [0.717, 1.165) is 25.7 Å². The van der Waals surface area contributed by atoms with E-state index in [2.05, 4.69) is 0 Å². The Morgan fingerprint density at radius 3 is 2.61 bits per heavy atom. The zero-order valence-corrected chi connectivity index (χ0v) is 10.5. The Kier molecular flexibility index (Phi) is 5.40. The van der Waals surface area contributed by atoms with Crippen LogP contribution < -0.4 is 5.56 Å². The van der Waals surface area contributed by atoms with Crippen molar-refractivity contribution in [3.8, 4) is 11.9 Å². The summed E-state index contributed by atoms with van der Waals surface area (Å²) >= 11 is 0. The molecular formula is C13H18N2O3. The minimum atomic E-state index is -0.286. The summed E-state index contributed by atoms with van der Waals surface area (Å²) in [6, 6.07) is 3.27. The van der Waals surface area contributed by atoms with Crippen LogP contribution in [0.5, 0.6) is 5.88 Å². The Labute approximate surface area is 106 Å². The van der Waals surface area contributed by atoms with Crippen LogP contribution in [0.3, 0.4) is 0 Å². The highest BCUT2D eigenvalue weighted by Gasteiger charge is 2.11. The van der Waals surface area contributed by atoms with Gasteiger partial charge in [0.2, 0.25) is 5.88 Å². The van der Waals surface area contributed by atoms with Gasteiger partial charge in [0, 0.05) is 19.2 Å². The number of aliphatic hydroxyl groups excluding tert-OH is 1. The Balaban J connectivity index is 2.78. The molecule has 0 spiro atoms. The first kappa shape index (κ1) is 14.3. The molecule has 0 aliphatic carbocycles. The van der Waals surface area contributed by atoms with E-state index in [0.29, 0.717) is 12.1 Å². The van der Waals surface area contributed by atoms with Crippen molar-refractivity contribution < 1.29 is 10.2 Å². The molecule has 0 atom stereocenters. The molecule has 1 heterocycles. The number of hydrogen-bond acceptors (Lipinski definition) is 4. The van der Waals surface area contributed by atoms with Gasteiger partial charge in [0.25, 0.3) is 5.56 Å². The zero-order chi connectivity index (χ0) is 13.5. The van der Waals surface area contributed by atoms with Crippen LogP contribution in [0.1, 0.15) is 36.8 Å². The molecule has 0 saturated carbocycles. The van der Waals surface area contributed by atoms with Gasteiger partial charge >= 0.3 is 0 Å². The number of aryl methyl sites for hydroxylation is 1. The second kappa shape index (κ2) is 6.82. The minimum Gasteiger partial charge on any atom is -0.493 e. The van der Waals surface area contributed by atoms with Crippen molar-refractivity contribution in [1.29, 1.82) is 5.26 Å². The number of unbranched alkanes of at least 4 members (excludes halogenated alkanes) is 3. The molecule has 18 heavy (non-hydrogen) atoms. The van der Waals surface area contributed by atoms with Gasteiger partial charge in [-0.1, -0.05) is 12.8 Å². The first-order valence-corrected chi connectivity index (χ1v) is 6.06. The number of aromatic hydroxyl groups is 1. The molecule has 0 radical (unpaired) electrons. The van der Waals surface area contributed by atoms with E-state index in [1.54, 1.807) is 6.92 Å². The van der Waals surface area contributed by atoms with Gasteiger partial charge < -0.3 is 10.2 Å². The third kappa shape index (κ3) is 3.34. The van der Waals surface area contributed by atoms with E-state index < -0.39 is 0 Å². The molecule has 1 rings (SSSR count). The largest absolute Gasteiger partial charge is 0.493 e. The van der Waals surface area contributed by atoms with Crippen molar-refractivity contribution in [1.82, 2.24) is 4.57 Å². The number of rotatable bonds is 6. The summed E-state index contributed by atoms with van der Waals surface area (Å²) in [6.45, 7) is 2.20. The molecular weight excluding hydrogens is 232 g/mol. The summed E-state index contributed by atoms with van der Waals surface area (Å²) in [6.07, 6.45) is 3.25. The van der Waals surface area contributed by atoms with Crippen LogP contribution >= 0.6 is 0 Å². The molecule has 1 aromatic heterocycles.